The summed E-state index contributed by atoms with van der Waals surface area (Å²) in [5.41, 5.74) is 0.198. The number of benzene rings is 1. The number of aromatic hydroxyl groups is 1. The Kier molecular flexibility index (Phi) is 7.10. The maximum atomic E-state index is 13.0. The highest BCUT2D eigenvalue weighted by atomic mass is 16.5. The van der Waals surface area contributed by atoms with E-state index in [0.717, 1.165) is 31.5 Å². The number of nitrogens with zero attached hydrogens (tertiary/aromatic N) is 3. The maximum Gasteiger partial charge on any atom is 0.227 e. The van der Waals surface area contributed by atoms with E-state index in [0.29, 0.717) is 17.5 Å². The van der Waals surface area contributed by atoms with Crippen molar-refractivity contribution in [3.05, 3.63) is 76.1 Å². The lowest BCUT2D eigenvalue weighted by Crippen LogP contribution is -2.45. The summed E-state index contributed by atoms with van der Waals surface area (Å²) < 4.78 is 11.0. The Morgan fingerprint density at radius 3 is 2.56 bits per heavy atom. The molecule has 34 heavy (non-hydrogen) atoms. The van der Waals surface area contributed by atoms with Crippen LogP contribution in [0.2, 0.25) is 0 Å². The maximum absolute atomic E-state index is 13.0. The smallest absolute Gasteiger partial charge is 0.227 e. The zero-order valence-electron chi connectivity index (χ0n) is 19.2. The summed E-state index contributed by atoms with van der Waals surface area (Å²) >= 11 is 0. The lowest BCUT2D eigenvalue weighted by Gasteiger charge is -2.32. The molecular weight excluding hydrogens is 436 g/mol. The molecule has 2 aromatic heterocycles. The van der Waals surface area contributed by atoms with Crippen LogP contribution in [0.15, 0.2) is 58.0 Å². The van der Waals surface area contributed by atoms with Crippen LogP contribution in [-0.2, 0) is 4.79 Å². The molecule has 1 amide bonds. The summed E-state index contributed by atoms with van der Waals surface area (Å²) in [5, 5.41) is 13.5. The molecule has 0 saturated carbocycles. The van der Waals surface area contributed by atoms with Gasteiger partial charge in [-0.15, -0.1) is 0 Å². The Balaban J connectivity index is 1.48. The number of aryl methyl sites for hydroxylation is 1. The van der Waals surface area contributed by atoms with Crippen LogP contribution >= 0.6 is 0 Å². The van der Waals surface area contributed by atoms with Crippen LogP contribution in [0.3, 0.4) is 0 Å². The van der Waals surface area contributed by atoms with Gasteiger partial charge in [-0.1, -0.05) is 12.1 Å². The minimum Gasteiger partial charge on any atom is -0.502 e. The number of rotatable bonds is 7. The van der Waals surface area contributed by atoms with Gasteiger partial charge in [-0.3, -0.25) is 9.59 Å². The molecule has 1 aliphatic heterocycles. The van der Waals surface area contributed by atoms with Crippen molar-refractivity contribution in [1.29, 1.82) is 0 Å². The van der Waals surface area contributed by atoms with Gasteiger partial charge in [-0.2, -0.15) is 0 Å². The third-order valence-electron chi connectivity index (χ3n) is 5.99. The Hall–Kier alpha value is -3.88. The summed E-state index contributed by atoms with van der Waals surface area (Å²) in [6.07, 6.45) is 4.99. The van der Waals surface area contributed by atoms with E-state index in [2.05, 4.69) is 20.2 Å². The molecule has 2 N–H and O–H groups in total. The van der Waals surface area contributed by atoms with Gasteiger partial charge in [0, 0.05) is 44.0 Å². The first-order valence-corrected chi connectivity index (χ1v) is 11.2. The van der Waals surface area contributed by atoms with E-state index < -0.39 is 17.1 Å². The zero-order valence-corrected chi connectivity index (χ0v) is 19.2. The normalized spacial score (nSPS) is 15.1. The Morgan fingerprint density at radius 2 is 1.91 bits per heavy atom. The molecule has 1 saturated heterocycles. The minimum absolute atomic E-state index is 0.0158. The number of carbonyl (C=O) groups excluding carboxylic acids is 1. The van der Waals surface area contributed by atoms with Crippen LogP contribution < -0.4 is 20.4 Å². The second-order valence-corrected chi connectivity index (χ2v) is 8.34. The summed E-state index contributed by atoms with van der Waals surface area (Å²) in [4.78, 5) is 35.9. The molecule has 4 rings (SSSR count). The van der Waals surface area contributed by atoms with Crippen LogP contribution in [0.25, 0.3) is 0 Å². The number of methoxy groups -OCH3 is 1. The quantitative estimate of drug-likeness (QED) is 0.548. The van der Waals surface area contributed by atoms with E-state index >= 15 is 0 Å². The number of piperidine rings is 1. The summed E-state index contributed by atoms with van der Waals surface area (Å²) in [5.74, 6) is 0.520. The number of hydrogen-bond acceptors (Lipinski definition) is 8. The highest BCUT2D eigenvalue weighted by Crippen LogP contribution is 2.34. The van der Waals surface area contributed by atoms with Gasteiger partial charge in [-0.25, -0.2) is 9.97 Å². The Morgan fingerprint density at radius 1 is 1.24 bits per heavy atom. The number of hydrogen-bond donors (Lipinski definition) is 2. The van der Waals surface area contributed by atoms with E-state index in [1.54, 1.807) is 56.8 Å². The Bertz CT molecular complexity index is 1170. The molecule has 0 radical (unpaired) electrons. The van der Waals surface area contributed by atoms with Crippen molar-refractivity contribution in [1.82, 2.24) is 15.3 Å². The van der Waals surface area contributed by atoms with E-state index in [1.165, 1.54) is 6.07 Å². The molecule has 0 spiro atoms. The average molecular weight is 465 g/mol. The second kappa shape index (κ2) is 10.4. The van der Waals surface area contributed by atoms with E-state index in [9.17, 15) is 14.7 Å². The van der Waals surface area contributed by atoms with Gasteiger partial charge < -0.3 is 24.5 Å². The van der Waals surface area contributed by atoms with Crippen LogP contribution in [0, 0.1) is 6.92 Å². The highest BCUT2D eigenvalue weighted by Gasteiger charge is 2.28. The molecule has 1 fully saturated rings. The molecule has 9 nitrogen and oxygen atoms in total. The molecule has 3 aromatic rings. The lowest BCUT2D eigenvalue weighted by molar-refractivity contribution is -0.122. The topological polar surface area (TPSA) is 118 Å². The molecule has 9 heteroatoms. The summed E-state index contributed by atoms with van der Waals surface area (Å²) in [7, 11) is 1.57. The van der Waals surface area contributed by atoms with Gasteiger partial charge in [0.15, 0.2) is 5.76 Å². The number of carbonyl (C=O) groups is 1. The van der Waals surface area contributed by atoms with Crippen molar-refractivity contribution < 1.29 is 19.1 Å². The van der Waals surface area contributed by atoms with Crippen molar-refractivity contribution in [3.8, 4) is 11.5 Å². The monoisotopic (exact) mass is 464 g/mol. The first-order valence-electron chi connectivity index (χ1n) is 11.2. The van der Waals surface area contributed by atoms with Crippen molar-refractivity contribution >= 4 is 11.9 Å². The highest BCUT2D eigenvalue weighted by molar-refractivity contribution is 5.78. The fourth-order valence-corrected chi connectivity index (χ4v) is 4.21. The minimum atomic E-state index is -0.628. The van der Waals surface area contributed by atoms with Gasteiger partial charge in [0.25, 0.3) is 0 Å². The van der Waals surface area contributed by atoms with E-state index in [1.807, 2.05) is 0 Å². The predicted octanol–water partition coefficient (Wildman–Crippen LogP) is 2.76. The molecule has 0 aliphatic carbocycles. The van der Waals surface area contributed by atoms with Crippen molar-refractivity contribution in [3.63, 3.8) is 0 Å². The second-order valence-electron chi connectivity index (χ2n) is 8.34. The largest absolute Gasteiger partial charge is 0.502 e. The van der Waals surface area contributed by atoms with Crippen molar-refractivity contribution in [2.45, 2.75) is 38.1 Å². The third-order valence-corrected chi connectivity index (χ3v) is 5.99. The van der Waals surface area contributed by atoms with E-state index in [-0.39, 0.29) is 24.1 Å². The van der Waals surface area contributed by atoms with Crippen LogP contribution in [0.5, 0.6) is 11.5 Å². The fraction of sp³-hybridized carbons (Fsp3) is 0.360. The third kappa shape index (κ3) is 5.36. The van der Waals surface area contributed by atoms with Gasteiger partial charge in [0.05, 0.1) is 13.0 Å². The molecule has 1 unspecified atom stereocenters. The number of ether oxygens (including phenoxy) is 1. The van der Waals surface area contributed by atoms with Crippen molar-refractivity contribution in [2.24, 2.45) is 0 Å². The Labute approximate surface area is 197 Å². The molecule has 1 aromatic carbocycles. The van der Waals surface area contributed by atoms with Gasteiger partial charge in [-0.05, 0) is 43.5 Å². The average Bonchev–Trinajstić information content (AvgIpc) is 2.86. The van der Waals surface area contributed by atoms with Crippen molar-refractivity contribution in [2.75, 3.05) is 25.1 Å². The number of nitrogens with one attached hydrogen (secondary N) is 1. The number of anilines is 1. The van der Waals surface area contributed by atoms with Crippen LogP contribution in [0.4, 0.5) is 5.95 Å². The summed E-state index contributed by atoms with van der Waals surface area (Å²) in [6.45, 7) is 3.12. The standard InChI is InChI=1S/C25H28N4O5/c1-16-14-21(30)23(32)24(34-16)20(17-4-6-19(33-2)7-5-17)15-22(31)28-18-8-12-29(13-9-18)25-26-10-3-11-27-25/h3-7,10-11,14,18,20,32H,8-9,12-13,15H2,1-2H3,(H,28,31). The number of aromatic nitrogens is 2. The van der Waals surface area contributed by atoms with E-state index in [4.69, 9.17) is 9.15 Å². The van der Waals surface area contributed by atoms with Gasteiger partial charge in [0.1, 0.15) is 11.5 Å². The first kappa shape index (κ1) is 23.3. The molecular formula is C25H28N4O5. The first-order chi connectivity index (χ1) is 16.4. The molecule has 178 valence electrons. The lowest BCUT2D eigenvalue weighted by atomic mass is 9.91. The molecule has 0 bridgehead atoms. The fourth-order valence-electron chi connectivity index (χ4n) is 4.21. The predicted molar refractivity (Wildman–Crippen MR) is 126 cm³/mol. The van der Waals surface area contributed by atoms with Crippen LogP contribution in [-0.4, -0.2) is 47.2 Å². The summed E-state index contributed by atoms with van der Waals surface area (Å²) in [6, 6.07) is 10.2. The zero-order chi connectivity index (χ0) is 24.1. The van der Waals surface area contributed by atoms with Gasteiger partial charge in [0.2, 0.25) is 23.0 Å². The molecule has 3 heterocycles. The number of amides is 1. The van der Waals surface area contributed by atoms with Crippen LogP contribution in [0.1, 0.15) is 42.3 Å². The molecule has 1 atom stereocenters. The van der Waals surface area contributed by atoms with Gasteiger partial charge >= 0.3 is 0 Å². The SMILES string of the molecule is COc1ccc(C(CC(=O)NC2CCN(c3ncccn3)CC2)c2oc(C)cc(=O)c2O)cc1. The molecule has 1 aliphatic rings.